The lowest BCUT2D eigenvalue weighted by atomic mass is 10.1. The summed E-state index contributed by atoms with van der Waals surface area (Å²) in [6.07, 6.45) is 4.12. The van der Waals surface area contributed by atoms with Gasteiger partial charge in [0.2, 0.25) is 0 Å². The predicted octanol–water partition coefficient (Wildman–Crippen LogP) is 3.63. The SMILES string of the molecule is C1=C/c2ccccc2OCCOc2ccccc2/1. The van der Waals surface area contributed by atoms with Gasteiger partial charge in [0.25, 0.3) is 0 Å². The van der Waals surface area contributed by atoms with E-state index in [1.165, 1.54) is 0 Å². The van der Waals surface area contributed by atoms with Crippen LogP contribution in [0.4, 0.5) is 0 Å². The Bertz CT molecular complexity index is 521. The normalized spacial score (nSPS) is 15.6. The van der Waals surface area contributed by atoms with Gasteiger partial charge in [-0.25, -0.2) is 0 Å². The summed E-state index contributed by atoms with van der Waals surface area (Å²) in [6, 6.07) is 16.1. The number of fused-ring (bicyclic) bond motifs is 2. The lowest BCUT2D eigenvalue weighted by molar-refractivity contribution is 0.216. The molecule has 2 nitrogen and oxygen atoms in total. The zero-order valence-electron chi connectivity index (χ0n) is 10.0. The second kappa shape index (κ2) is 4.96. The van der Waals surface area contributed by atoms with Crippen LogP contribution in [-0.2, 0) is 0 Å². The number of para-hydroxylation sites is 2. The minimum absolute atomic E-state index is 0.555. The lowest BCUT2D eigenvalue weighted by Gasteiger charge is -2.13. The van der Waals surface area contributed by atoms with Crippen molar-refractivity contribution in [3.8, 4) is 11.5 Å². The zero-order chi connectivity index (χ0) is 12.2. The Morgan fingerprint density at radius 2 is 1.06 bits per heavy atom. The van der Waals surface area contributed by atoms with E-state index in [0.29, 0.717) is 13.2 Å². The van der Waals surface area contributed by atoms with E-state index in [4.69, 9.17) is 9.47 Å². The quantitative estimate of drug-likeness (QED) is 0.697. The highest BCUT2D eigenvalue weighted by Crippen LogP contribution is 2.25. The monoisotopic (exact) mass is 238 g/mol. The van der Waals surface area contributed by atoms with Crippen LogP contribution in [0.3, 0.4) is 0 Å². The van der Waals surface area contributed by atoms with E-state index < -0.39 is 0 Å². The standard InChI is InChI=1S/C16H14O2/c1-3-7-15-13(5-1)9-10-14-6-2-4-8-16(14)18-12-11-17-15/h1-10H,11-12H2/b10-9+. The first-order valence-electron chi connectivity index (χ1n) is 6.05. The molecule has 1 heterocycles. The maximum atomic E-state index is 5.70. The minimum atomic E-state index is 0.555. The first-order valence-corrected chi connectivity index (χ1v) is 6.05. The molecular weight excluding hydrogens is 224 g/mol. The fourth-order valence-corrected chi connectivity index (χ4v) is 1.98. The van der Waals surface area contributed by atoms with Crippen LogP contribution < -0.4 is 9.47 Å². The van der Waals surface area contributed by atoms with Gasteiger partial charge in [0.15, 0.2) is 0 Å². The third kappa shape index (κ3) is 2.23. The molecule has 2 aromatic carbocycles. The maximum Gasteiger partial charge on any atom is 0.126 e. The van der Waals surface area contributed by atoms with Crippen LogP contribution in [0, 0.1) is 0 Å². The molecule has 0 spiro atoms. The van der Waals surface area contributed by atoms with Crippen molar-refractivity contribution in [2.24, 2.45) is 0 Å². The van der Waals surface area contributed by atoms with E-state index in [1.54, 1.807) is 0 Å². The molecule has 1 aliphatic rings. The maximum absolute atomic E-state index is 5.70. The molecule has 0 N–H and O–H groups in total. The molecule has 0 unspecified atom stereocenters. The Morgan fingerprint density at radius 1 is 0.611 bits per heavy atom. The van der Waals surface area contributed by atoms with Crippen molar-refractivity contribution in [3.05, 3.63) is 59.7 Å². The van der Waals surface area contributed by atoms with E-state index in [9.17, 15) is 0 Å². The first kappa shape index (κ1) is 10.9. The largest absolute Gasteiger partial charge is 0.489 e. The van der Waals surface area contributed by atoms with Crippen molar-refractivity contribution in [1.29, 1.82) is 0 Å². The van der Waals surface area contributed by atoms with Crippen molar-refractivity contribution in [2.45, 2.75) is 0 Å². The van der Waals surface area contributed by atoms with Gasteiger partial charge in [0, 0.05) is 11.1 Å². The van der Waals surface area contributed by atoms with Crippen LogP contribution >= 0.6 is 0 Å². The Morgan fingerprint density at radius 3 is 1.56 bits per heavy atom. The Balaban J connectivity index is 2.04. The Kier molecular flexibility index (Phi) is 3.01. The molecule has 0 atom stereocenters. The minimum Gasteiger partial charge on any atom is -0.489 e. The van der Waals surface area contributed by atoms with Crippen molar-refractivity contribution in [3.63, 3.8) is 0 Å². The number of hydrogen-bond donors (Lipinski definition) is 0. The summed E-state index contributed by atoms with van der Waals surface area (Å²) in [6.45, 7) is 1.11. The van der Waals surface area contributed by atoms with Gasteiger partial charge in [-0.15, -0.1) is 0 Å². The molecule has 2 aromatic rings. The number of ether oxygens (including phenoxy) is 2. The van der Waals surface area contributed by atoms with Gasteiger partial charge < -0.3 is 9.47 Å². The summed E-state index contributed by atoms with van der Waals surface area (Å²) in [7, 11) is 0. The zero-order valence-corrected chi connectivity index (χ0v) is 10.0. The molecule has 0 saturated heterocycles. The van der Waals surface area contributed by atoms with Crippen LogP contribution in [-0.4, -0.2) is 13.2 Å². The third-order valence-electron chi connectivity index (χ3n) is 2.88. The third-order valence-corrected chi connectivity index (χ3v) is 2.88. The van der Waals surface area contributed by atoms with E-state index in [-0.39, 0.29) is 0 Å². The van der Waals surface area contributed by atoms with Gasteiger partial charge in [-0.1, -0.05) is 48.6 Å². The average molecular weight is 238 g/mol. The highest BCUT2D eigenvalue weighted by Gasteiger charge is 2.05. The summed E-state index contributed by atoms with van der Waals surface area (Å²) in [5.74, 6) is 1.80. The van der Waals surface area contributed by atoms with Gasteiger partial charge in [0.05, 0.1) is 0 Å². The molecule has 1 aliphatic heterocycles. The summed E-state index contributed by atoms with van der Waals surface area (Å²) in [4.78, 5) is 0. The van der Waals surface area contributed by atoms with Crippen LogP contribution in [0.5, 0.6) is 11.5 Å². The van der Waals surface area contributed by atoms with Crippen molar-refractivity contribution >= 4 is 12.2 Å². The van der Waals surface area contributed by atoms with Gasteiger partial charge in [0.1, 0.15) is 24.7 Å². The summed E-state index contributed by atoms with van der Waals surface area (Å²) in [5, 5.41) is 0. The fourth-order valence-electron chi connectivity index (χ4n) is 1.98. The van der Waals surface area contributed by atoms with Crippen LogP contribution in [0.1, 0.15) is 11.1 Å². The van der Waals surface area contributed by atoms with Crippen molar-refractivity contribution in [2.75, 3.05) is 13.2 Å². The van der Waals surface area contributed by atoms with E-state index in [2.05, 4.69) is 24.3 Å². The van der Waals surface area contributed by atoms with Gasteiger partial charge in [-0.2, -0.15) is 0 Å². The van der Waals surface area contributed by atoms with Gasteiger partial charge in [-0.05, 0) is 12.1 Å². The molecule has 0 saturated carbocycles. The number of benzene rings is 2. The average Bonchev–Trinajstić information content (AvgIpc) is 2.44. The summed E-state index contributed by atoms with van der Waals surface area (Å²) >= 11 is 0. The van der Waals surface area contributed by atoms with Crippen LogP contribution in [0.25, 0.3) is 12.2 Å². The number of rotatable bonds is 0. The molecule has 0 bridgehead atoms. The van der Waals surface area contributed by atoms with E-state index in [1.807, 2.05) is 36.4 Å². The van der Waals surface area contributed by atoms with E-state index in [0.717, 1.165) is 22.6 Å². The summed E-state index contributed by atoms with van der Waals surface area (Å²) in [5.41, 5.74) is 2.18. The van der Waals surface area contributed by atoms with Gasteiger partial charge in [-0.3, -0.25) is 0 Å². The smallest absolute Gasteiger partial charge is 0.126 e. The molecule has 0 aromatic heterocycles. The molecule has 0 amide bonds. The molecule has 3 rings (SSSR count). The lowest BCUT2D eigenvalue weighted by Crippen LogP contribution is -2.10. The molecule has 0 aliphatic carbocycles. The predicted molar refractivity (Wildman–Crippen MR) is 72.8 cm³/mol. The second-order valence-electron chi connectivity index (χ2n) is 4.11. The summed E-state index contributed by atoms with van der Waals surface area (Å²) < 4.78 is 11.4. The van der Waals surface area contributed by atoms with Gasteiger partial charge >= 0.3 is 0 Å². The highest BCUT2D eigenvalue weighted by atomic mass is 16.5. The Labute approximate surface area is 106 Å². The second-order valence-corrected chi connectivity index (χ2v) is 4.11. The molecule has 0 radical (unpaired) electrons. The molecule has 2 heteroatoms. The molecule has 90 valence electrons. The topological polar surface area (TPSA) is 18.5 Å². The molecule has 0 fully saturated rings. The van der Waals surface area contributed by atoms with Crippen LogP contribution in [0.2, 0.25) is 0 Å². The Hall–Kier alpha value is -2.22. The first-order chi connectivity index (χ1) is 8.93. The van der Waals surface area contributed by atoms with Crippen molar-refractivity contribution in [1.82, 2.24) is 0 Å². The highest BCUT2D eigenvalue weighted by molar-refractivity contribution is 5.74. The van der Waals surface area contributed by atoms with Crippen molar-refractivity contribution < 1.29 is 9.47 Å². The molecule has 18 heavy (non-hydrogen) atoms. The fraction of sp³-hybridized carbons (Fsp3) is 0.125. The van der Waals surface area contributed by atoms with Crippen LogP contribution in [0.15, 0.2) is 48.5 Å². The van der Waals surface area contributed by atoms with E-state index >= 15 is 0 Å². The number of hydrogen-bond acceptors (Lipinski definition) is 2. The molecular formula is C16H14O2.